The second kappa shape index (κ2) is 7.51. The van der Waals surface area contributed by atoms with Crippen molar-refractivity contribution in [3.05, 3.63) is 44.6 Å². The summed E-state index contributed by atoms with van der Waals surface area (Å²) in [7, 11) is 0. The average Bonchev–Trinajstić information content (AvgIpc) is 2.83. The smallest absolute Gasteiger partial charge is 0.351 e. The molecule has 0 aromatic carbocycles. The van der Waals surface area contributed by atoms with Crippen LogP contribution in [0.2, 0.25) is 0 Å². The molecule has 2 aromatic heterocycles. The molecule has 2 heterocycles. The maximum Gasteiger partial charge on any atom is 0.351 e. The molecule has 0 aliphatic rings. The van der Waals surface area contributed by atoms with E-state index < -0.39 is 11.8 Å². The van der Waals surface area contributed by atoms with Gasteiger partial charge < -0.3 is 10.1 Å². The summed E-state index contributed by atoms with van der Waals surface area (Å²) in [6, 6.07) is 3.70. The Labute approximate surface area is 134 Å². The fourth-order valence-corrected chi connectivity index (χ4v) is 2.99. The number of rotatable bonds is 6. The largest absolute Gasteiger partial charge is 0.462 e. The molecule has 0 spiro atoms. The number of thiophene rings is 1. The Hall–Kier alpha value is -1.47. The molecule has 0 atom stereocenters. The number of carbonyl (C=O) groups is 1. The van der Waals surface area contributed by atoms with Gasteiger partial charge in [0.05, 0.1) is 12.3 Å². The number of aromatic nitrogens is 1. The summed E-state index contributed by atoms with van der Waals surface area (Å²) in [5, 5.41) is 4.82. The minimum atomic E-state index is -0.603. The van der Waals surface area contributed by atoms with Gasteiger partial charge in [-0.15, -0.1) is 11.3 Å². The monoisotopic (exact) mass is 372 g/mol. The lowest BCUT2D eigenvalue weighted by molar-refractivity contribution is 0.0527. The normalized spacial score (nSPS) is 10.4. The minimum absolute atomic E-state index is 0.0365. The van der Waals surface area contributed by atoms with E-state index in [9.17, 15) is 9.18 Å². The quantitative estimate of drug-likeness (QED) is 0.617. The van der Waals surface area contributed by atoms with Gasteiger partial charge in [-0.2, -0.15) is 0 Å². The predicted octanol–water partition coefficient (Wildman–Crippen LogP) is 3.88. The van der Waals surface area contributed by atoms with Gasteiger partial charge in [-0.3, -0.25) is 0 Å². The molecule has 0 unspecified atom stereocenters. The van der Waals surface area contributed by atoms with Crippen LogP contribution in [0.3, 0.4) is 0 Å². The van der Waals surface area contributed by atoms with E-state index in [-0.39, 0.29) is 11.5 Å². The second-order valence-corrected chi connectivity index (χ2v) is 5.77. The van der Waals surface area contributed by atoms with Crippen LogP contribution >= 0.6 is 27.3 Å². The zero-order chi connectivity index (χ0) is 15.2. The van der Waals surface area contributed by atoms with Gasteiger partial charge in [-0.05, 0) is 46.8 Å². The number of esters is 1. The van der Waals surface area contributed by atoms with Gasteiger partial charge in [0.25, 0.3) is 0 Å². The van der Waals surface area contributed by atoms with Crippen LogP contribution in [0.25, 0.3) is 0 Å². The number of anilines is 1. The molecular formula is C14H14BrFN2O2S. The number of pyridine rings is 1. The van der Waals surface area contributed by atoms with E-state index in [1.807, 2.05) is 12.1 Å². The minimum Gasteiger partial charge on any atom is -0.462 e. The summed E-state index contributed by atoms with van der Waals surface area (Å²) < 4.78 is 19.6. The Morgan fingerprint density at radius 2 is 2.38 bits per heavy atom. The summed E-state index contributed by atoms with van der Waals surface area (Å²) in [4.78, 5) is 15.7. The number of ether oxygens (including phenoxy) is 1. The first-order chi connectivity index (χ1) is 10.1. The van der Waals surface area contributed by atoms with Crippen molar-refractivity contribution in [2.45, 2.75) is 13.3 Å². The summed E-state index contributed by atoms with van der Waals surface area (Å²) in [5.41, 5.74) is 1.36. The fraction of sp³-hybridized carbons (Fsp3) is 0.286. The van der Waals surface area contributed by atoms with Crippen LogP contribution in [-0.2, 0) is 11.2 Å². The van der Waals surface area contributed by atoms with Crippen molar-refractivity contribution in [3.8, 4) is 0 Å². The standard InChI is InChI=1S/C14H14BrFN2O2S/c1-2-20-14(19)12-11(16)9(8-21-12)5-7-17-10-4-3-6-18-13(10)15/h3-4,6,8,17H,2,5,7H2,1H3. The van der Waals surface area contributed by atoms with Crippen molar-refractivity contribution in [1.29, 1.82) is 0 Å². The highest BCUT2D eigenvalue weighted by molar-refractivity contribution is 9.10. The van der Waals surface area contributed by atoms with Crippen LogP contribution in [0.5, 0.6) is 0 Å². The number of hydrogen-bond donors (Lipinski definition) is 1. The Morgan fingerprint density at radius 3 is 3.10 bits per heavy atom. The molecule has 112 valence electrons. The van der Waals surface area contributed by atoms with Crippen molar-refractivity contribution in [1.82, 2.24) is 4.98 Å². The fourth-order valence-electron chi connectivity index (χ4n) is 1.73. The third-order valence-corrected chi connectivity index (χ3v) is 4.35. The number of carbonyl (C=O) groups excluding carboxylic acids is 1. The van der Waals surface area contributed by atoms with E-state index in [0.29, 0.717) is 23.1 Å². The Bertz CT molecular complexity index is 633. The molecule has 21 heavy (non-hydrogen) atoms. The molecule has 2 aromatic rings. The van der Waals surface area contributed by atoms with Crippen LogP contribution in [0.15, 0.2) is 28.3 Å². The van der Waals surface area contributed by atoms with Crippen molar-refractivity contribution in [2.24, 2.45) is 0 Å². The van der Waals surface area contributed by atoms with Crippen molar-refractivity contribution in [3.63, 3.8) is 0 Å². The third-order valence-electron chi connectivity index (χ3n) is 2.73. The summed E-state index contributed by atoms with van der Waals surface area (Å²) in [6.07, 6.45) is 2.16. The molecule has 0 radical (unpaired) electrons. The SMILES string of the molecule is CCOC(=O)c1scc(CCNc2cccnc2Br)c1F. The van der Waals surface area contributed by atoms with E-state index in [4.69, 9.17) is 4.74 Å². The summed E-state index contributed by atoms with van der Waals surface area (Å²) >= 11 is 4.41. The molecule has 1 N–H and O–H groups in total. The van der Waals surface area contributed by atoms with Crippen molar-refractivity contribution >= 4 is 38.9 Å². The van der Waals surface area contributed by atoms with Gasteiger partial charge in [-0.1, -0.05) is 0 Å². The summed E-state index contributed by atoms with van der Waals surface area (Å²) in [5.74, 6) is -1.08. The lowest BCUT2D eigenvalue weighted by atomic mass is 10.2. The molecule has 2 rings (SSSR count). The van der Waals surface area contributed by atoms with E-state index in [2.05, 4.69) is 26.2 Å². The van der Waals surface area contributed by atoms with Crippen LogP contribution in [0.1, 0.15) is 22.2 Å². The zero-order valence-corrected chi connectivity index (χ0v) is 13.8. The van der Waals surface area contributed by atoms with Gasteiger partial charge in [0.1, 0.15) is 9.48 Å². The number of halogens is 2. The third kappa shape index (κ3) is 4.01. The first-order valence-electron chi connectivity index (χ1n) is 6.40. The first-order valence-corrected chi connectivity index (χ1v) is 8.08. The summed E-state index contributed by atoms with van der Waals surface area (Å²) in [6.45, 7) is 2.47. The lowest BCUT2D eigenvalue weighted by Crippen LogP contribution is -2.08. The molecule has 0 aliphatic carbocycles. The second-order valence-electron chi connectivity index (χ2n) is 4.14. The van der Waals surface area contributed by atoms with Gasteiger partial charge in [0, 0.05) is 18.3 Å². The molecule has 0 aliphatic heterocycles. The molecule has 0 saturated heterocycles. The molecule has 0 bridgehead atoms. The van der Waals surface area contributed by atoms with Gasteiger partial charge in [-0.25, -0.2) is 14.2 Å². The van der Waals surface area contributed by atoms with Gasteiger partial charge in [0.15, 0.2) is 5.82 Å². The van der Waals surface area contributed by atoms with Crippen LogP contribution in [0, 0.1) is 5.82 Å². The van der Waals surface area contributed by atoms with E-state index in [1.54, 1.807) is 18.5 Å². The highest BCUT2D eigenvalue weighted by Gasteiger charge is 2.18. The van der Waals surface area contributed by atoms with Gasteiger partial charge in [0.2, 0.25) is 0 Å². The topological polar surface area (TPSA) is 51.2 Å². The molecule has 7 heteroatoms. The Morgan fingerprint density at radius 1 is 1.57 bits per heavy atom. The number of nitrogens with one attached hydrogen (secondary N) is 1. The van der Waals surface area contributed by atoms with Gasteiger partial charge >= 0.3 is 5.97 Å². The van der Waals surface area contributed by atoms with E-state index >= 15 is 0 Å². The van der Waals surface area contributed by atoms with Crippen LogP contribution in [-0.4, -0.2) is 24.1 Å². The lowest BCUT2D eigenvalue weighted by Gasteiger charge is -2.06. The van der Waals surface area contributed by atoms with E-state index in [1.165, 1.54) is 0 Å². The molecular weight excluding hydrogens is 359 g/mol. The highest BCUT2D eigenvalue weighted by Crippen LogP contribution is 2.23. The maximum atomic E-state index is 14.1. The molecule has 0 fully saturated rings. The maximum absolute atomic E-state index is 14.1. The highest BCUT2D eigenvalue weighted by atomic mass is 79.9. The molecule has 0 saturated carbocycles. The molecule has 4 nitrogen and oxygen atoms in total. The first kappa shape index (κ1) is 15.9. The Balaban J connectivity index is 1.95. The predicted molar refractivity (Wildman–Crippen MR) is 84.4 cm³/mol. The average molecular weight is 373 g/mol. The Kier molecular flexibility index (Phi) is 5.69. The van der Waals surface area contributed by atoms with Crippen molar-refractivity contribution < 1.29 is 13.9 Å². The number of nitrogens with zero attached hydrogens (tertiary/aromatic N) is 1. The van der Waals surface area contributed by atoms with Crippen molar-refractivity contribution in [2.75, 3.05) is 18.5 Å². The number of hydrogen-bond acceptors (Lipinski definition) is 5. The van der Waals surface area contributed by atoms with Crippen LogP contribution in [0.4, 0.5) is 10.1 Å². The van der Waals surface area contributed by atoms with Crippen LogP contribution < -0.4 is 5.32 Å². The van der Waals surface area contributed by atoms with E-state index in [0.717, 1.165) is 17.0 Å². The zero-order valence-electron chi connectivity index (χ0n) is 11.4. The molecule has 0 amide bonds.